The van der Waals surface area contributed by atoms with Crippen molar-refractivity contribution in [3.63, 3.8) is 0 Å². The van der Waals surface area contributed by atoms with Gasteiger partial charge in [0.2, 0.25) is 0 Å². The number of aliphatic hydroxyl groups is 3. The molecule has 3 N–H and O–H groups in total. The summed E-state index contributed by atoms with van der Waals surface area (Å²) in [6.07, 6.45) is 17.1. The van der Waals surface area contributed by atoms with Crippen LogP contribution in [0.4, 0.5) is 0 Å². The van der Waals surface area contributed by atoms with E-state index < -0.39 is 11.7 Å². The first-order chi connectivity index (χ1) is 12.5. The second-order valence-corrected chi connectivity index (χ2v) is 8.93. The first-order valence-corrected chi connectivity index (χ1v) is 11.3. The molecule has 2 rings (SSSR count). The van der Waals surface area contributed by atoms with Crippen LogP contribution < -0.4 is 0 Å². The molecule has 152 valence electrons. The van der Waals surface area contributed by atoms with Gasteiger partial charge < -0.3 is 15.3 Å². The molecule has 5 atom stereocenters. The third-order valence-corrected chi connectivity index (χ3v) is 6.69. The van der Waals surface area contributed by atoms with Gasteiger partial charge in [-0.05, 0) is 43.9 Å². The number of hydrogen-bond acceptors (Lipinski definition) is 3. The second-order valence-electron chi connectivity index (χ2n) is 8.93. The fourth-order valence-electron chi connectivity index (χ4n) is 4.77. The van der Waals surface area contributed by atoms with Crippen molar-refractivity contribution in [3.05, 3.63) is 12.2 Å². The molecule has 2 aliphatic carbocycles. The van der Waals surface area contributed by atoms with E-state index in [4.69, 9.17) is 0 Å². The molecule has 2 saturated carbocycles. The van der Waals surface area contributed by atoms with Crippen LogP contribution in [0.5, 0.6) is 0 Å². The highest BCUT2D eigenvalue weighted by molar-refractivity contribution is 5.06. The Bertz CT molecular complexity index is 418. The van der Waals surface area contributed by atoms with Crippen molar-refractivity contribution >= 4 is 0 Å². The van der Waals surface area contributed by atoms with Gasteiger partial charge in [0.25, 0.3) is 0 Å². The summed E-state index contributed by atoms with van der Waals surface area (Å²) in [4.78, 5) is 0. The summed E-state index contributed by atoms with van der Waals surface area (Å²) in [6.45, 7) is 4.39. The fraction of sp³-hybridized carbons (Fsp3) is 0.913. The Labute approximate surface area is 160 Å². The lowest BCUT2D eigenvalue weighted by Gasteiger charge is -2.27. The Balaban J connectivity index is 1.86. The monoisotopic (exact) mass is 366 g/mol. The van der Waals surface area contributed by atoms with Gasteiger partial charge in [-0.15, -0.1) is 0 Å². The third kappa shape index (κ3) is 6.35. The maximum Gasteiger partial charge on any atom is 0.0710 e. The number of hydrogen-bond donors (Lipinski definition) is 3. The Morgan fingerprint density at radius 2 is 1.62 bits per heavy atom. The van der Waals surface area contributed by atoms with Crippen molar-refractivity contribution in [2.45, 2.75) is 115 Å². The zero-order valence-electron chi connectivity index (χ0n) is 17.1. The summed E-state index contributed by atoms with van der Waals surface area (Å²) in [7, 11) is 0. The lowest BCUT2D eigenvalue weighted by molar-refractivity contribution is 0.00950. The molecule has 0 amide bonds. The average molecular weight is 367 g/mol. The summed E-state index contributed by atoms with van der Waals surface area (Å²) < 4.78 is 0. The van der Waals surface area contributed by atoms with Crippen molar-refractivity contribution in [3.8, 4) is 0 Å². The van der Waals surface area contributed by atoms with E-state index in [1.807, 2.05) is 0 Å². The Kier molecular flexibility index (Phi) is 9.12. The van der Waals surface area contributed by atoms with Gasteiger partial charge in [-0.25, -0.2) is 0 Å². The molecular formula is C23H42O3. The molecule has 0 aliphatic heterocycles. The number of unbranched alkanes of at least 4 members (excludes halogenated alkanes) is 5. The lowest BCUT2D eigenvalue weighted by atomic mass is 9.85. The van der Waals surface area contributed by atoms with Crippen LogP contribution >= 0.6 is 0 Å². The number of rotatable bonds is 13. The fourth-order valence-corrected chi connectivity index (χ4v) is 4.77. The first-order valence-electron chi connectivity index (χ1n) is 11.3. The molecule has 0 radical (unpaired) electrons. The molecule has 0 aromatic rings. The summed E-state index contributed by atoms with van der Waals surface area (Å²) in [5.74, 6) is 0.686. The molecule has 0 saturated heterocycles. The zero-order valence-corrected chi connectivity index (χ0v) is 17.1. The van der Waals surface area contributed by atoms with E-state index in [0.717, 1.165) is 44.9 Å². The molecular weight excluding hydrogens is 324 g/mol. The molecule has 26 heavy (non-hydrogen) atoms. The van der Waals surface area contributed by atoms with E-state index in [1.165, 1.54) is 25.7 Å². The van der Waals surface area contributed by atoms with Crippen LogP contribution in [0.1, 0.15) is 97.3 Å². The summed E-state index contributed by atoms with van der Waals surface area (Å²) in [6, 6.07) is 0. The summed E-state index contributed by atoms with van der Waals surface area (Å²) in [5.41, 5.74) is -0.551. The standard InChI is InChI=1S/C23H42O3/c1-3-5-7-8-9-11-19-20(22(25)17-21(19)24)12-10-16-23(26,15-6-4-2)18-13-14-18/h10,12,18-22,24-26H,3-9,11,13-17H2,1-2H3/t19-,20-,21+,22-,23?/m1/s1. The minimum Gasteiger partial charge on any atom is -0.393 e. The highest BCUT2D eigenvalue weighted by atomic mass is 16.3. The molecule has 1 unspecified atom stereocenters. The molecule has 2 aliphatic rings. The first kappa shape index (κ1) is 21.9. The predicted molar refractivity (Wildman–Crippen MR) is 108 cm³/mol. The van der Waals surface area contributed by atoms with E-state index in [-0.39, 0.29) is 17.9 Å². The SMILES string of the molecule is CCCCCCC[C@@H]1[C@@H](C=CCC(O)(CCCC)C2CC2)[C@H](O)C[C@@H]1O. The third-order valence-electron chi connectivity index (χ3n) is 6.69. The smallest absolute Gasteiger partial charge is 0.0710 e. The van der Waals surface area contributed by atoms with E-state index in [2.05, 4.69) is 26.0 Å². The molecule has 3 nitrogen and oxygen atoms in total. The van der Waals surface area contributed by atoms with Crippen molar-refractivity contribution in [2.75, 3.05) is 0 Å². The van der Waals surface area contributed by atoms with Crippen LogP contribution in [0, 0.1) is 17.8 Å². The van der Waals surface area contributed by atoms with Crippen LogP contribution in [0.3, 0.4) is 0 Å². The number of aliphatic hydroxyl groups excluding tert-OH is 2. The van der Waals surface area contributed by atoms with E-state index in [0.29, 0.717) is 18.8 Å². The van der Waals surface area contributed by atoms with Crippen LogP contribution in [0.2, 0.25) is 0 Å². The molecule has 0 heterocycles. The Hall–Kier alpha value is -0.380. The van der Waals surface area contributed by atoms with Gasteiger partial charge in [-0.3, -0.25) is 0 Å². The summed E-state index contributed by atoms with van der Waals surface area (Å²) >= 11 is 0. The molecule has 0 bridgehead atoms. The zero-order chi connectivity index (χ0) is 19.0. The van der Waals surface area contributed by atoms with Gasteiger partial charge in [0.05, 0.1) is 17.8 Å². The normalized spacial score (nSPS) is 31.6. The highest BCUT2D eigenvalue weighted by Gasteiger charge is 2.43. The molecule has 0 aromatic carbocycles. The highest BCUT2D eigenvalue weighted by Crippen LogP contribution is 2.45. The van der Waals surface area contributed by atoms with Gasteiger partial charge >= 0.3 is 0 Å². The second kappa shape index (κ2) is 10.8. The minimum absolute atomic E-state index is 0.0470. The minimum atomic E-state index is -0.551. The van der Waals surface area contributed by atoms with Gasteiger partial charge in [0.1, 0.15) is 0 Å². The van der Waals surface area contributed by atoms with Crippen LogP contribution in [0.25, 0.3) is 0 Å². The summed E-state index contributed by atoms with van der Waals surface area (Å²) in [5, 5.41) is 31.8. The quantitative estimate of drug-likeness (QED) is 0.318. The largest absolute Gasteiger partial charge is 0.393 e. The van der Waals surface area contributed by atoms with Crippen LogP contribution in [-0.4, -0.2) is 33.1 Å². The molecule has 2 fully saturated rings. The van der Waals surface area contributed by atoms with Crippen LogP contribution in [-0.2, 0) is 0 Å². The molecule has 3 heteroatoms. The van der Waals surface area contributed by atoms with Crippen molar-refractivity contribution < 1.29 is 15.3 Å². The predicted octanol–water partition coefficient (Wildman–Crippen LogP) is 4.98. The van der Waals surface area contributed by atoms with Crippen molar-refractivity contribution in [1.82, 2.24) is 0 Å². The maximum absolute atomic E-state index is 11.0. The van der Waals surface area contributed by atoms with Gasteiger partial charge in [0, 0.05) is 12.3 Å². The molecule has 0 spiro atoms. The van der Waals surface area contributed by atoms with Crippen molar-refractivity contribution in [2.24, 2.45) is 17.8 Å². The van der Waals surface area contributed by atoms with E-state index in [9.17, 15) is 15.3 Å². The maximum atomic E-state index is 11.0. The van der Waals surface area contributed by atoms with Gasteiger partial charge in [-0.1, -0.05) is 70.9 Å². The van der Waals surface area contributed by atoms with Crippen molar-refractivity contribution in [1.29, 1.82) is 0 Å². The average Bonchev–Trinajstić information content (AvgIpc) is 3.43. The van der Waals surface area contributed by atoms with Gasteiger partial charge in [-0.2, -0.15) is 0 Å². The van der Waals surface area contributed by atoms with Gasteiger partial charge in [0.15, 0.2) is 0 Å². The topological polar surface area (TPSA) is 60.7 Å². The molecule has 0 aromatic heterocycles. The Morgan fingerprint density at radius 1 is 0.923 bits per heavy atom. The van der Waals surface area contributed by atoms with E-state index in [1.54, 1.807) is 0 Å². The van der Waals surface area contributed by atoms with Crippen LogP contribution in [0.15, 0.2) is 12.2 Å². The Morgan fingerprint density at radius 3 is 2.27 bits per heavy atom. The lowest BCUT2D eigenvalue weighted by Crippen LogP contribution is -2.30. The van der Waals surface area contributed by atoms with E-state index >= 15 is 0 Å².